The SMILES string of the molecule is N#Cc1ccc(N(c2cc(N(c3ccc(C#N)cc3)c3cccc4c3oc3ccccc34)c3ccc4cc(C5CCCCC5)cc5ccc2c3c54)c2cccc3c2oc2ccccc23)cc1. The van der Waals surface area contributed by atoms with E-state index in [1.165, 1.54) is 53.8 Å². The summed E-state index contributed by atoms with van der Waals surface area (Å²) in [4.78, 5) is 4.60. The molecule has 0 radical (unpaired) electrons. The van der Waals surface area contributed by atoms with Gasteiger partial charge in [0, 0.05) is 49.1 Å². The summed E-state index contributed by atoms with van der Waals surface area (Å²) in [6.07, 6.45) is 6.30. The van der Waals surface area contributed by atoms with Crippen molar-refractivity contribution >= 4 is 110 Å². The highest BCUT2D eigenvalue weighted by Crippen LogP contribution is 2.53. The molecular weight excluding hydrogens is 809 g/mol. The molecule has 0 bridgehead atoms. The Kier molecular flexibility index (Phi) is 8.63. The monoisotopic (exact) mass is 848 g/mol. The van der Waals surface area contributed by atoms with Crippen LogP contribution in [0.4, 0.5) is 34.1 Å². The molecule has 0 N–H and O–H groups in total. The van der Waals surface area contributed by atoms with E-state index >= 15 is 0 Å². The van der Waals surface area contributed by atoms with Gasteiger partial charge in [-0.05, 0) is 119 Å². The van der Waals surface area contributed by atoms with Gasteiger partial charge in [0.1, 0.15) is 11.2 Å². The van der Waals surface area contributed by atoms with E-state index in [0.29, 0.717) is 17.0 Å². The third kappa shape index (κ3) is 5.86. The van der Waals surface area contributed by atoms with Crippen LogP contribution in [0, 0.1) is 22.7 Å². The normalized spacial score (nSPS) is 13.4. The lowest BCUT2D eigenvalue weighted by Gasteiger charge is -2.32. The fourth-order valence-corrected chi connectivity index (χ4v) is 10.9. The Hall–Kier alpha value is -8.58. The molecule has 1 aliphatic carbocycles. The van der Waals surface area contributed by atoms with Crippen molar-refractivity contribution in [1.82, 2.24) is 0 Å². The van der Waals surface area contributed by atoms with Gasteiger partial charge in [-0.2, -0.15) is 10.5 Å². The number of nitriles is 2. The maximum atomic E-state index is 9.98. The second kappa shape index (κ2) is 15.0. The summed E-state index contributed by atoms with van der Waals surface area (Å²) in [5, 5.41) is 31.1. The zero-order chi connectivity index (χ0) is 43.9. The number of furan rings is 2. The van der Waals surface area contributed by atoms with E-state index in [4.69, 9.17) is 8.83 Å². The minimum absolute atomic E-state index is 0.555. The first kappa shape index (κ1) is 37.9. The highest BCUT2D eigenvalue weighted by Gasteiger charge is 2.28. The van der Waals surface area contributed by atoms with Crippen molar-refractivity contribution in [3.05, 3.63) is 193 Å². The van der Waals surface area contributed by atoms with E-state index in [9.17, 15) is 10.5 Å². The van der Waals surface area contributed by atoms with Crippen LogP contribution in [-0.2, 0) is 0 Å². The van der Waals surface area contributed by atoms with Crippen LogP contribution in [0.15, 0.2) is 185 Å². The Labute approximate surface area is 380 Å². The molecule has 2 aromatic heterocycles. The second-order valence-electron chi connectivity index (χ2n) is 17.7. The number of hydrogen-bond donors (Lipinski definition) is 0. The molecule has 10 aromatic carbocycles. The molecule has 12 aromatic rings. The van der Waals surface area contributed by atoms with Gasteiger partial charge in [-0.1, -0.05) is 116 Å². The largest absolute Gasteiger partial charge is 0.454 e. The molecule has 1 aliphatic rings. The molecule has 1 saturated carbocycles. The minimum Gasteiger partial charge on any atom is -0.454 e. The lowest BCUT2D eigenvalue weighted by molar-refractivity contribution is 0.444. The van der Waals surface area contributed by atoms with Crippen LogP contribution < -0.4 is 9.80 Å². The summed E-state index contributed by atoms with van der Waals surface area (Å²) in [5.41, 5.74) is 11.1. The molecule has 6 nitrogen and oxygen atoms in total. The van der Waals surface area contributed by atoms with Gasteiger partial charge in [-0.3, -0.25) is 0 Å². The molecule has 0 unspecified atom stereocenters. The molecular formula is C60H40N4O2. The maximum absolute atomic E-state index is 9.98. The van der Waals surface area contributed by atoms with Crippen LogP contribution in [0.5, 0.6) is 0 Å². The van der Waals surface area contributed by atoms with Gasteiger partial charge in [0.15, 0.2) is 11.2 Å². The van der Waals surface area contributed by atoms with Crippen molar-refractivity contribution < 1.29 is 8.83 Å². The lowest BCUT2D eigenvalue weighted by Crippen LogP contribution is -2.15. The Balaban J connectivity index is 1.17. The van der Waals surface area contributed by atoms with Crippen LogP contribution in [0.2, 0.25) is 0 Å². The molecule has 66 heavy (non-hydrogen) atoms. The molecule has 0 atom stereocenters. The number of para-hydroxylation sites is 4. The van der Waals surface area contributed by atoms with Crippen LogP contribution in [0.3, 0.4) is 0 Å². The molecule has 312 valence electrons. The van der Waals surface area contributed by atoms with E-state index < -0.39 is 0 Å². The summed E-state index contributed by atoms with van der Waals surface area (Å²) in [6.45, 7) is 0. The number of fused-ring (bicyclic) bond motifs is 6. The van der Waals surface area contributed by atoms with Crippen molar-refractivity contribution in [3.63, 3.8) is 0 Å². The van der Waals surface area contributed by atoms with Gasteiger partial charge in [-0.15, -0.1) is 0 Å². The standard InChI is InChI=1S/C60H40N4O2/c61-35-37-20-26-43(27-21-37)63(51-16-8-14-47-45-12-4-6-18-55(45)65-59(47)51)53-34-54(50-31-25-41-33-42(39-10-2-1-3-11-39)32-40-24-30-49(53)58(50)57(40)41)64(44-28-22-38(36-62)23-29-44)52-17-9-15-48-46-13-5-7-19-56(46)66-60(48)52/h4-9,12-34,39H,1-3,10-11H2. The van der Waals surface area contributed by atoms with Crippen LogP contribution in [0.1, 0.15) is 54.7 Å². The maximum Gasteiger partial charge on any atom is 0.159 e. The van der Waals surface area contributed by atoms with Crippen molar-refractivity contribution in [3.8, 4) is 12.1 Å². The first-order chi connectivity index (χ1) is 32.6. The van der Waals surface area contributed by atoms with Crippen molar-refractivity contribution in [2.45, 2.75) is 38.0 Å². The summed E-state index contributed by atoms with van der Waals surface area (Å²) >= 11 is 0. The lowest BCUT2D eigenvalue weighted by atomic mass is 9.82. The Morgan fingerprint density at radius 1 is 0.409 bits per heavy atom. The third-order valence-corrected chi connectivity index (χ3v) is 14.0. The quantitative estimate of drug-likeness (QED) is 0.149. The van der Waals surface area contributed by atoms with E-state index in [1.54, 1.807) is 0 Å². The number of nitrogens with zero attached hydrogens (tertiary/aromatic N) is 4. The average Bonchev–Trinajstić information content (AvgIpc) is 3.96. The minimum atomic E-state index is 0.555. The molecule has 13 rings (SSSR count). The first-order valence-corrected chi connectivity index (χ1v) is 22.8. The molecule has 2 heterocycles. The number of anilines is 6. The molecule has 6 heteroatoms. The highest BCUT2D eigenvalue weighted by molar-refractivity contribution is 6.29. The fraction of sp³-hybridized carbons (Fsp3) is 0.100. The molecule has 0 amide bonds. The zero-order valence-electron chi connectivity index (χ0n) is 36.0. The summed E-state index contributed by atoms with van der Waals surface area (Å²) < 4.78 is 13.6. The fourth-order valence-electron chi connectivity index (χ4n) is 10.9. The summed E-state index contributed by atoms with van der Waals surface area (Å²) in [5.74, 6) is 0.555. The van der Waals surface area contributed by atoms with E-state index in [1.807, 2.05) is 72.8 Å². The van der Waals surface area contributed by atoms with Crippen LogP contribution >= 0.6 is 0 Å². The van der Waals surface area contributed by atoms with E-state index in [0.717, 1.165) is 94.2 Å². The smallest absolute Gasteiger partial charge is 0.159 e. The van der Waals surface area contributed by atoms with Crippen LogP contribution in [-0.4, -0.2) is 0 Å². The molecule has 0 spiro atoms. The molecule has 1 fully saturated rings. The topological polar surface area (TPSA) is 80.3 Å². The Morgan fingerprint density at radius 2 is 0.879 bits per heavy atom. The number of benzene rings is 10. The Morgan fingerprint density at radius 3 is 1.36 bits per heavy atom. The number of hydrogen-bond acceptors (Lipinski definition) is 6. The van der Waals surface area contributed by atoms with Gasteiger partial charge in [0.25, 0.3) is 0 Å². The first-order valence-electron chi connectivity index (χ1n) is 22.8. The number of rotatable bonds is 7. The van der Waals surface area contributed by atoms with Gasteiger partial charge in [0.05, 0.1) is 46.0 Å². The van der Waals surface area contributed by atoms with Gasteiger partial charge < -0.3 is 18.6 Å². The molecule has 0 saturated heterocycles. The molecule has 0 aliphatic heterocycles. The summed E-state index contributed by atoms with van der Waals surface area (Å²) in [7, 11) is 0. The van der Waals surface area contributed by atoms with Crippen LogP contribution in [0.25, 0.3) is 76.2 Å². The highest BCUT2D eigenvalue weighted by atomic mass is 16.3. The van der Waals surface area contributed by atoms with E-state index in [-0.39, 0.29) is 0 Å². The van der Waals surface area contributed by atoms with Gasteiger partial charge in [0.2, 0.25) is 0 Å². The predicted octanol–water partition coefficient (Wildman–Crippen LogP) is 17.1. The Bertz CT molecular complexity index is 3710. The summed E-state index contributed by atoms with van der Waals surface area (Å²) in [6, 6.07) is 65.9. The van der Waals surface area contributed by atoms with E-state index in [2.05, 4.69) is 125 Å². The van der Waals surface area contributed by atoms with Gasteiger partial charge >= 0.3 is 0 Å². The zero-order valence-corrected chi connectivity index (χ0v) is 36.0. The van der Waals surface area contributed by atoms with Crippen molar-refractivity contribution in [2.24, 2.45) is 0 Å². The average molecular weight is 849 g/mol. The van der Waals surface area contributed by atoms with Crippen molar-refractivity contribution in [1.29, 1.82) is 10.5 Å². The predicted molar refractivity (Wildman–Crippen MR) is 269 cm³/mol. The second-order valence-corrected chi connectivity index (χ2v) is 17.7. The third-order valence-electron chi connectivity index (χ3n) is 14.0. The van der Waals surface area contributed by atoms with Crippen molar-refractivity contribution in [2.75, 3.05) is 9.80 Å². The van der Waals surface area contributed by atoms with Gasteiger partial charge in [-0.25, -0.2) is 0 Å².